The lowest BCUT2D eigenvalue weighted by Crippen LogP contribution is -2.27. The Labute approximate surface area is 105 Å². The summed E-state index contributed by atoms with van der Waals surface area (Å²) in [6.07, 6.45) is 0.712. The minimum absolute atomic E-state index is 0.343. The van der Waals surface area contributed by atoms with Gasteiger partial charge in [0.1, 0.15) is 0 Å². The summed E-state index contributed by atoms with van der Waals surface area (Å²) in [6.45, 7) is 3.00. The molecule has 1 fully saturated rings. The fourth-order valence-electron chi connectivity index (χ4n) is 2.14. The van der Waals surface area contributed by atoms with Crippen LogP contribution >= 0.6 is 9.39 Å². The number of aliphatic hydroxyl groups is 1. The second kappa shape index (κ2) is 6.46. The van der Waals surface area contributed by atoms with E-state index in [2.05, 4.69) is 14.1 Å². The molecule has 1 aromatic carbocycles. The molecule has 4 heteroatoms. The Bertz CT molecular complexity index is 333. The van der Waals surface area contributed by atoms with Crippen LogP contribution in [0.2, 0.25) is 0 Å². The Kier molecular flexibility index (Phi) is 4.93. The maximum absolute atomic E-state index is 9.98. The number of ether oxygens (including phenoxy) is 1. The van der Waals surface area contributed by atoms with Gasteiger partial charge in [0, 0.05) is 19.0 Å². The van der Waals surface area contributed by atoms with Crippen molar-refractivity contribution >= 4 is 9.39 Å². The van der Waals surface area contributed by atoms with Crippen molar-refractivity contribution in [2.24, 2.45) is 5.92 Å². The largest absolute Gasteiger partial charge is 0.390 e. The molecule has 1 saturated heterocycles. The van der Waals surface area contributed by atoms with Gasteiger partial charge >= 0.3 is 0 Å². The van der Waals surface area contributed by atoms with Crippen molar-refractivity contribution in [1.29, 1.82) is 0 Å². The third-order valence-electron chi connectivity index (χ3n) is 3.20. The first kappa shape index (κ1) is 13.0. The third kappa shape index (κ3) is 4.04. The van der Waals surface area contributed by atoms with Gasteiger partial charge in [-0.1, -0.05) is 39.7 Å². The van der Waals surface area contributed by atoms with E-state index in [0.717, 1.165) is 25.1 Å². The molecule has 0 aromatic heterocycles. The average Bonchev–Trinajstić information content (AvgIpc) is 2.77. The van der Waals surface area contributed by atoms with Crippen LogP contribution in [0.25, 0.3) is 0 Å². The van der Waals surface area contributed by atoms with E-state index in [-0.39, 0.29) is 6.10 Å². The molecule has 0 spiro atoms. The summed E-state index contributed by atoms with van der Waals surface area (Å²) in [4.78, 5) is 0. The first-order valence-corrected chi connectivity index (χ1v) is 6.56. The van der Waals surface area contributed by atoms with Crippen molar-refractivity contribution in [1.82, 2.24) is 4.67 Å². The van der Waals surface area contributed by atoms with Gasteiger partial charge in [0.25, 0.3) is 0 Å². The van der Waals surface area contributed by atoms with E-state index in [1.165, 1.54) is 0 Å². The maximum atomic E-state index is 9.98. The predicted molar refractivity (Wildman–Crippen MR) is 71.5 cm³/mol. The van der Waals surface area contributed by atoms with Crippen LogP contribution in [0.5, 0.6) is 0 Å². The van der Waals surface area contributed by atoms with E-state index in [1.54, 1.807) is 0 Å². The number of nitrogens with zero attached hydrogens (tertiary/aromatic N) is 1. The number of benzene rings is 1. The van der Waals surface area contributed by atoms with Crippen LogP contribution < -0.4 is 0 Å². The summed E-state index contributed by atoms with van der Waals surface area (Å²) < 4.78 is 7.73. The van der Waals surface area contributed by atoms with Gasteiger partial charge in [-0.25, -0.2) is 0 Å². The zero-order chi connectivity index (χ0) is 12.1. The van der Waals surface area contributed by atoms with Crippen molar-refractivity contribution in [3.05, 3.63) is 35.9 Å². The number of rotatable bonds is 5. The molecule has 1 N–H and O–H groups in total. The van der Waals surface area contributed by atoms with Gasteiger partial charge in [-0.2, -0.15) is 0 Å². The molecule has 3 unspecified atom stereocenters. The molecule has 17 heavy (non-hydrogen) atoms. The number of aliphatic hydroxyl groups excluding tert-OH is 1. The molecule has 1 aliphatic rings. The Hall–Kier alpha value is -0.470. The van der Waals surface area contributed by atoms with Crippen LogP contribution in [0.1, 0.15) is 12.0 Å². The van der Waals surface area contributed by atoms with Crippen LogP contribution in [0.4, 0.5) is 0 Å². The van der Waals surface area contributed by atoms with E-state index in [9.17, 15) is 5.11 Å². The minimum atomic E-state index is -0.343. The molecular formula is C13H20NO2P. The summed E-state index contributed by atoms with van der Waals surface area (Å²) in [7, 11) is 2.69. The van der Waals surface area contributed by atoms with Crippen molar-refractivity contribution in [2.75, 3.05) is 19.7 Å². The Morgan fingerprint density at radius 2 is 2.18 bits per heavy atom. The number of hydrogen-bond acceptors (Lipinski definition) is 3. The summed E-state index contributed by atoms with van der Waals surface area (Å²) in [5, 5.41) is 9.98. The second-order valence-electron chi connectivity index (χ2n) is 4.61. The number of hydrogen-bond donors (Lipinski definition) is 1. The van der Waals surface area contributed by atoms with Crippen molar-refractivity contribution in [2.45, 2.75) is 19.1 Å². The molecule has 3 atom stereocenters. The first-order valence-electron chi connectivity index (χ1n) is 6.05. The maximum Gasteiger partial charge on any atom is 0.0814 e. The Balaban J connectivity index is 1.68. The first-order chi connectivity index (χ1) is 8.25. The lowest BCUT2D eigenvalue weighted by molar-refractivity contribution is 0.00156. The lowest BCUT2D eigenvalue weighted by Gasteiger charge is -2.17. The molecule has 0 aliphatic carbocycles. The molecule has 2 rings (SSSR count). The topological polar surface area (TPSA) is 32.7 Å². The van der Waals surface area contributed by atoms with Crippen LogP contribution in [-0.4, -0.2) is 35.6 Å². The zero-order valence-electron chi connectivity index (χ0n) is 9.96. The highest BCUT2D eigenvalue weighted by molar-refractivity contribution is 7.13. The molecule has 1 aromatic rings. The van der Waals surface area contributed by atoms with Gasteiger partial charge in [0.05, 0.1) is 19.3 Å². The Morgan fingerprint density at radius 3 is 2.82 bits per heavy atom. The smallest absolute Gasteiger partial charge is 0.0814 e. The highest BCUT2D eigenvalue weighted by Crippen LogP contribution is 2.22. The monoisotopic (exact) mass is 253 g/mol. The van der Waals surface area contributed by atoms with Crippen molar-refractivity contribution in [3.63, 3.8) is 0 Å². The highest BCUT2D eigenvalue weighted by Gasteiger charge is 2.26. The van der Waals surface area contributed by atoms with E-state index >= 15 is 0 Å². The van der Waals surface area contributed by atoms with Gasteiger partial charge in [-0.15, -0.1) is 0 Å². The molecule has 3 nitrogen and oxygen atoms in total. The summed E-state index contributed by atoms with van der Waals surface area (Å²) in [6, 6.07) is 10.1. The van der Waals surface area contributed by atoms with Gasteiger partial charge in [-0.05, 0) is 12.0 Å². The van der Waals surface area contributed by atoms with E-state index in [0.29, 0.717) is 19.1 Å². The summed E-state index contributed by atoms with van der Waals surface area (Å²) in [5.74, 6) is 0.350. The van der Waals surface area contributed by atoms with E-state index in [1.807, 2.05) is 30.3 Å². The van der Waals surface area contributed by atoms with Gasteiger partial charge < -0.3 is 9.84 Å². The molecule has 1 aliphatic heterocycles. The van der Waals surface area contributed by atoms with Crippen molar-refractivity contribution in [3.8, 4) is 0 Å². The second-order valence-corrected chi connectivity index (χ2v) is 5.34. The predicted octanol–water partition coefficient (Wildman–Crippen LogP) is 1.68. The molecule has 0 bridgehead atoms. The van der Waals surface area contributed by atoms with Gasteiger partial charge in [0.15, 0.2) is 0 Å². The molecule has 0 saturated carbocycles. The van der Waals surface area contributed by atoms with Crippen LogP contribution in [0.15, 0.2) is 30.3 Å². The normalized spacial score (nSPS) is 22.8. The van der Waals surface area contributed by atoms with Crippen LogP contribution in [-0.2, 0) is 11.3 Å². The quantitative estimate of drug-likeness (QED) is 0.810. The van der Waals surface area contributed by atoms with E-state index in [4.69, 9.17) is 4.74 Å². The average molecular weight is 253 g/mol. The Morgan fingerprint density at radius 1 is 1.41 bits per heavy atom. The standard InChI is InChI=1S/C13H20NO2P/c15-13(12-6-7-14(17)8-12)10-16-9-11-4-2-1-3-5-11/h1-5,12-13,15H,6-10,17H2. The van der Waals surface area contributed by atoms with Crippen molar-refractivity contribution < 1.29 is 9.84 Å². The summed E-state index contributed by atoms with van der Waals surface area (Å²) in [5.41, 5.74) is 1.15. The highest BCUT2D eigenvalue weighted by atomic mass is 31.0. The van der Waals surface area contributed by atoms with Gasteiger partial charge in [-0.3, -0.25) is 4.67 Å². The molecule has 1 heterocycles. The molecular weight excluding hydrogens is 233 g/mol. The fraction of sp³-hybridized carbons (Fsp3) is 0.538. The van der Waals surface area contributed by atoms with Crippen LogP contribution in [0.3, 0.4) is 0 Å². The van der Waals surface area contributed by atoms with Crippen LogP contribution in [0, 0.1) is 5.92 Å². The minimum Gasteiger partial charge on any atom is -0.390 e. The molecule has 0 amide bonds. The third-order valence-corrected chi connectivity index (χ3v) is 3.67. The SMILES string of the molecule is OC(COCc1ccccc1)C1CCN(P)C1. The molecule has 0 radical (unpaired) electrons. The van der Waals surface area contributed by atoms with Gasteiger partial charge in [0.2, 0.25) is 0 Å². The summed E-state index contributed by atoms with van der Waals surface area (Å²) >= 11 is 0. The zero-order valence-corrected chi connectivity index (χ0v) is 11.1. The lowest BCUT2D eigenvalue weighted by atomic mass is 10.0. The van der Waals surface area contributed by atoms with E-state index < -0.39 is 0 Å². The fourth-order valence-corrected chi connectivity index (χ4v) is 2.56. The molecule has 94 valence electrons.